The highest BCUT2D eigenvalue weighted by molar-refractivity contribution is 5.92. The van der Waals surface area contributed by atoms with Crippen LogP contribution in [-0.2, 0) is 0 Å². The maximum atomic E-state index is 12.7. The van der Waals surface area contributed by atoms with E-state index in [-0.39, 0.29) is 16.9 Å². The smallest absolute Gasteiger partial charge is 0.273 e. The second-order valence-electron chi connectivity index (χ2n) is 8.10. The summed E-state index contributed by atoms with van der Waals surface area (Å²) in [6, 6.07) is 10.8. The molecule has 0 aliphatic carbocycles. The Bertz CT molecular complexity index is 835. The normalized spacial score (nSPS) is 22.7. The molecule has 1 spiro atoms. The monoisotopic (exact) mass is 366 g/mol. The molecule has 27 heavy (non-hydrogen) atoms. The minimum absolute atomic E-state index is 0.0927. The number of H-pyrrole nitrogens is 1. The van der Waals surface area contributed by atoms with Crippen LogP contribution in [0.2, 0.25) is 0 Å². The zero-order valence-corrected chi connectivity index (χ0v) is 15.7. The topological polar surface area (TPSA) is 69.3 Å². The zero-order valence-electron chi connectivity index (χ0n) is 15.7. The third-order valence-corrected chi connectivity index (χ3v) is 6.09. The third kappa shape index (κ3) is 3.81. The summed E-state index contributed by atoms with van der Waals surface area (Å²) in [7, 11) is 2.21. The van der Waals surface area contributed by atoms with Crippen molar-refractivity contribution in [2.75, 3.05) is 33.2 Å². The molecule has 3 heterocycles. The van der Waals surface area contributed by atoms with Gasteiger partial charge in [0.1, 0.15) is 5.69 Å². The molecule has 1 aromatic heterocycles. The van der Waals surface area contributed by atoms with Crippen molar-refractivity contribution in [3.05, 3.63) is 64.3 Å². The SMILES string of the molecule is CN1C[C@H](c2ccccc2)CC2(CCN(C(=O)c3c[nH]c(=O)cn3)CC2)C1. The summed E-state index contributed by atoms with van der Waals surface area (Å²) < 4.78 is 0. The Balaban J connectivity index is 1.44. The largest absolute Gasteiger partial charge is 0.337 e. The fraction of sp³-hybridized carbons (Fsp3) is 0.476. The van der Waals surface area contributed by atoms with E-state index in [0.717, 1.165) is 39.0 Å². The molecule has 0 bridgehead atoms. The van der Waals surface area contributed by atoms with Gasteiger partial charge in [-0.1, -0.05) is 30.3 Å². The molecule has 142 valence electrons. The van der Waals surface area contributed by atoms with Gasteiger partial charge in [-0.3, -0.25) is 9.59 Å². The van der Waals surface area contributed by atoms with E-state index in [1.807, 2.05) is 4.90 Å². The van der Waals surface area contributed by atoms with Crippen molar-refractivity contribution in [3.8, 4) is 0 Å². The first-order valence-corrected chi connectivity index (χ1v) is 9.62. The quantitative estimate of drug-likeness (QED) is 0.884. The molecule has 2 aromatic rings. The number of aromatic amines is 1. The number of nitrogens with one attached hydrogen (secondary N) is 1. The molecule has 1 atom stereocenters. The molecule has 2 aliphatic rings. The molecule has 6 nitrogen and oxygen atoms in total. The van der Waals surface area contributed by atoms with Crippen molar-refractivity contribution < 1.29 is 4.79 Å². The van der Waals surface area contributed by atoms with Crippen molar-refractivity contribution in [2.24, 2.45) is 5.41 Å². The average molecular weight is 366 g/mol. The molecule has 1 aromatic carbocycles. The number of rotatable bonds is 2. The van der Waals surface area contributed by atoms with E-state index in [4.69, 9.17) is 0 Å². The van der Waals surface area contributed by atoms with E-state index in [2.05, 4.69) is 52.2 Å². The van der Waals surface area contributed by atoms with Crippen LogP contribution in [0.3, 0.4) is 0 Å². The maximum Gasteiger partial charge on any atom is 0.273 e. The molecule has 1 amide bonds. The Morgan fingerprint density at radius 2 is 1.96 bits per heavy atom. The summed E-state index contributed by atoms with van der Waals surface area (Å²) in [4.78, 5) is 34.6. The number of aromatic nitrogens is 2. The number of nitrogens with zero attached hydrogens (tertiary/aromatic N) is 3. The highest BCUT2D eigenvalue weighted by Gasteiger charge is 2.42. The van der Waals surface area contributed by atoms with Crippen molar-refractivity contribution in [2.45, 2.75) is 25.2 Å². The van der Waals surface area contributed by atoms with Crippen molar-refractivity contribution in [3.63, 3.8) is 0 Å². The fourth-order valence-corrected chi connectivity index (χ4v) is 4.78. The Hall–Kier alpha value is -2.47. The first-order chi connectivity index (χ1) is 13.0. The molecule has 4 rings (SSSR count). The number of piperidine rings is 2. The minimum atomic E-state index is -0.290. The van der Waals surface area contributed by atoms with Crippen LogP contribution >= 0.6 is 0 Å². The van der Waals surface area contributed by atoms with Crippen molar-refractivity contribution in [1.29, 1.82) is 0 Å². The molecule has 0 radical (unpaired) electrons. The lowest BCUT2D eigenvalue weighted by molar-refractivity contribution is 0.0221. The van der Waals surface area contributed by atoms with E-state index >= 15 is 0 Å². The van der Waals surface area contributed by atoms with Gasteiger partial charge in [0.05, 0.1) is 6.20 Å². The van der Waals surface area contributed by atoms with Gasteiger partial charge in [0.15, 0.2) is 0 Å². The van der Waals surface area contributed by atoms with Gasteiger partial charge in [0.25, 0.3) is 11.5 Å². The molecule has 1 N–H and O–H groups in total. The number of hydrogen-bond donors (Lipinski definition) is 1. The fourth-order valence-electron chi connectivity index (χ4n) is 4.78. The van der Waals surface area contributed by atoms with Crippen LogP contribution < -0.4 is 5.56 Å². The van der Waals surface area contributed by atoms with Crippen molar-refractivity contribution >= 4 is 5.91 Å². The van der Waals surface area contributed by atoms with Gasteiger partial charge in [0.2, 0.25) is 0 Å². The Labute approximate surface area is 159 Å². The van der Waals surface area contributed by atoms with Crippen LogP contribution in [0, 0.1) is 5.41 Å². The van der Waals surface area contributed by atoms with Crippen LogP contribution in [0.15, 0.2) is 47.5 Å². The lowest BCUT2D eigenvalue weighted by Crippen LogP contribution is -2.51. The minimum Gasteiger partial charge on any atom is -0.337 e. The predicted molar refractivity (Wildman–Crippen MR) is 104 cm³/mol. The number of amides is 1. The third-order valence-electron chi connectivity index (χ3n) is 6.09. The lowest BCUT2D eigenvalue weighted by Gasteiger charge is -2.49. The van der Waals surface area contributed by atoms with Gasteiger partial charge in [0, 0.05) is 32.4 Å². The maximum absolute atomic E-state index is 12.7. The predicted octanol–water partition coefficient (Wildman–Crippen LogP) is 2.11. The van der Waals surface area contributed by atoms with Gasteiger partial charge in [-0.25, -0.2) is 4.98 Å². The van der Waals surface area contributed by atoms with Gasteiger partial charge in [-0.15, -0.1) is 0 Å². The summed E-state index contributed by atoms with van der Waals surface area (Å²) in [5, 5.41) is 0. The molecule has 0 unspecified atom stereocenters. The van der Waals surface area contributed by atoms with Gasteiger partial charge >= 0.3 is 0 Å². The van der Waals surface area contributed by atoms with Gasteiger partial charge in [-0.05, 0) is 43.2 Å². The Morgan fingerprint density at radius 3 is 2.63 bits per heavy atom. The van der Waals surface area contributed by atoms with Crippen LogP contribution in [-0.4, -0.2) is 58.9 Å². The second kappa shape index (κ2) is 7.27. The summed E-state index contributed by atoms with van der Waals surface area (Å²) >= 11 is 0. The van der Waals surface area contributed by atoms with Crippen LogP contribution in [0.25, 0.3) is 0 Å². The highest BCUT2D eigenvalue weighted by Crippen LogP contribution is 2.44. The van der Waals surface area contributed by atoms with Gasteiger partial charge in [-0.2, -0.15) is 0 Å². The Kier molecular flexibility index (Phi) is 4.83. The highest BCUT2D eigenvalue weighted by atomic mass is 16.2. The van der Waals surface area contributed by atoms with E-state index in [1.54, 1.807) is 0 Å². The molecule has 6 heteroatoms. The van der Waals surface area contributed by atoms with E-state index < -0.39 is 0 Å². The zero-order chi connectivity index (χ0) is 18.9. The number of benzene rings is 1. The average Bonchev–Trinajstić information content (AvgIpc) is 2.69. The van der Waals surface area contributed by atoms with Crippen LogP contribution in [0.1, 0.15) is 41.2 Å². The summed E-state index contributed by atoms with van der Waals surface area (Å²) in [5.74, 6) is 0.456. The number of hydrogen-bond acceptors (Lipinski definition) is 4. The molecule has 2 aliphatic heterocycles. The van der Waals surface area contributed by atoms with E-state index in [1.165, 1.54) is 24.4 Å². The van der Waals surface area contributed by atoms with Crippen LogP contribution in [0.4, 0.5) is 0 Å². The number of carbonyl (C=O) groups is 1. The summed E-state index contributed by atoms with van der Waals surface area (Å²) in [6.07, 6.45) is 5.78. The molecule has 2 fully saturated rings. The number of carbonyl (C=O) groups excluding carboxylic acids is 1. The number of likely N-dealkylation sites (tertiary alicyclic amines) is 2. The standard InChI is InChI=1S/C21H26N4O2/c1-24-14-17(16-5-3-2-4-6-16)11-21(15-24)7-9-25(10-8-21)20(27)18-12-23-19(26)13-22-18/h2-6,12-13,17H,7-11,14-15H2,1H3,(H,23,26)/t17-/m1/s1. The van der Waals surface area contributed by atoms with Crippen molar-refractivity contribution in [1.82, 2.24) is 19.8 Å². The van der Waals surface area contributed by atoms with Gasteiger partial charge < -0.3 is 14.8 Å². The van der Waals surface area contributed by atoms with Crippen LogP contribution in [0.5, 0.6) is 0 Å². The molecule has 0 saturated carbocycles. The lowest BCUT2D eigenvalue weighted by atomic mass is 9.68. The summed E-state index contributed by atoms with van der Waals surface area (Å²) in [5.41, 5.74) is 1.71. The Morgan fingerprint density at radius 1 is 1.22 bits per heavy atom. The second-order valence-corrected chi connectivity index (χ2v) is 8.10. The van der Waals surface area contributed by atoms with E-state index in [9.17, 15) is 9.59 Å². The first-order valence-electron chi connectivity index (χ1n) is 9.62. The molecular formula is C21H26N4O2. The van der Waals surface area contributed by atoms with E-state index in [0.29, 0.717) is 11.6 Å². The summed E-state index contributed by atoms with van der Waals surface area (Å²) in [6.45, 7) is 3.68. The molecule has 2 saturated heterocycles. The first kappa shape index (κ1) is 17.9. The number of likely N-dealkylation sites (N-methyl/N-ethyl adjacent to an activating group) is 1. The molecular weight excluding hydrogens is 340 g/mol.